The van der Waals surface area contributed by atoms with Crippen molar-refractivity contribution in [1.29, 1.82) is 0 Å². The molecule has 5 rings (SSSR count). The molecule has 0 fully saturated rings. The van der Waals surface area contributed by atoms with Crippen molar-refractivity contribution in [2.24, 2.45) is 0 Å². The summed E-state index contributed by atoms with van der Waals surface area (Å²) in [5.74, 6) is 0.789. The minimum absolute atomic E-state index is 0.789. The van der Waals surface area contributed by atoms with E-state index in [0.717, 1.165) is 37.4 Å². The van der Waals surface area contributed by atoms with Crippen LogP contribution in [-0.2, 0) is 19.5 Å². The number of hydrogen-bond acceptors (Lipinski definition) is 5. The van der Waals surface area contributed by atoms with E-state index in [1.807, 2.05) is 29.7 Å². The molecule has 0 bridgehead atoms. The number of pyridine rings is 1. The van der Waals surface area contributed by atoms with Gasteiger partial charge in [0, 0.05) is 75.2 Å². The molecule has 0 aliphatic carbocycles. The third-order valence-corrected chi connectivity index (χ3v) is 7.24. The lowest BCUT2D eigenvalue weighted by Crippen LogP contribution is -2.30. The molecule has 0 amide bonds. The second kappa shape index (κ2) is 7.11. The molecule has 0 radical (unpaired) electrons. The molecule has 4 heterocycles. The number of benzene rings is 1. The van der Waals surface area contributed by atoms with Crippen LogP contribution in [0.3, 0.4) is 0 Å². The highest BCUT2D eigenvalue weighted by Crippen LogP contribution is 2.36. The van der Waals surface area contributed by atoms with Gasteiger partial charge >= 0.3 is 0 Å². The number of aromatic nitrogens is 3. The number of fused-ring (bicyclic) bond motifs is 2. The third kappa shape index (κ3) is 3.29. The molecule has 1 aliphatic heterocycles. The Bertz CT molecular complexity index is 1110. The van der Waals surface area contributed by atoms with Gasteiger partial charge in [-0.15, -0.1) is 11.3 Å². The molecule has 4 nitrogen and oxygen atoms in total. The fourth-order valence-electron chi connectivity index (χ4n) is 3.52. The van der Waals surface area contributed by atoms with E-state index in [2.05, 4.69) is 55.1 Å². The van der Waals surface area contributed by atoms with E-state index in [0.29, 0.717) is 0 Å². The summed E-state index contributed by atoms with van der Waals surface area (Å²) in [6.45, 7) is 2.86. The predicted molar refractivity (Wildman–Crippen MR) is 113 cm³/mol. The summed E-state index contributed by atoms with van der Waals surface area (Å²) in [6.07, 6.45) is 6.51. The first kappa shape index (κ1) is 17.0. The average molecular weight is 437 g/mol. The highest BCUT2D eigenvalue weighted by Gasteiger charge is 2.21. The molecule has 0 N–H and O–H groups in total. The van der Waals surface area contributed by atoms with Gasteiger partial charge in [-0.2, -0.15) is 0 Å². The third-order valence-electron chi connectivity index (χ3n) is 4.92. The second-order valence-corrected chi connectivity index (χ2v) is 8.63. The van der Waals surface area contributed by atoms with E-state index in [1.54, 1.807) is 12.4 Å². The Morgan fingerprint density at radius 3 is 2.81 bits per heavy atom. The van der Waals surface area contributed by atoms with E-state index in [-0.39, 0.29) is 0 Å². The maximum atomic E-state index is 4.81. The van der Waals surface area contributed by atoms with Gasteiger partial charge in [0.05, 0.1) is 5.69 Å². The van der Waals surface area contributed by atoms with Crippen LogP contribution in [0, 0.1) is 0 Å². The van der Waals surface area contributed by atoms with Crippen LogP contribution in [0.1, 0.15) is 16.1 Å². The molecule has 4 aromatic rings. The fraction of sp³-hybridized carbons (Fsp3) is 0.190. The largest absolute Gasteiger partial charge is 0.293 e. The van der Waals surface area contributed by atoms with Crippen molar-refractivity contribution in [2.45, 2.75) is 19.5 Å². The average Bonchev–Trinajstić information content (AvgIpc) is 3.04. The lowest BCUT2D eigenvalue weighted by molar-refractivity contribution is 0.245. The second-order valence-electron chi connectivity index (χ2n) is 6.70. The van der Waals surface area contributed by atoms with E-state index < -0.39 is 0 Å². The highest BCUT2D eigenvalue weighted by atomic mass is 79.9. The van der Waals surface area contributed by atoms with Gasteiger partial charge in [-0.3, -0.25) is 9.88 Å². The molecule has 0 saturated heterocycles. The van der Waals surface area contributed by atoms with Crippen molar-refractivity contribution in [3.8, 4) is 11.4 Å². The van der Waals surface area contributed by atoms with Crippen molar-refractivity contribution in [2.75, 3.05) is 6.54 Å². The molecule has 0 saturated carbocycles. The highest BCUT2D eigenvalue weighted by molar-refractivity contribution is 9.10. The Morgan fingerprint density at radius 2 is 1.96 bits per heavy atom. The molecule has 134 valence electrons. The zero-order valence-corrected chi connectivity index (χ0v) is 17.0. The number of rotatable bonds is 3. The molecule has 3 aromatic heterocycles. The summed E-state index contributed by atoms with van der Waals surface area (Å²) in [7, 11) is 0. The van der Waals surface area contributed by atoms with Crippen LogP contribution in [0.5, 0.6) is 0 Å². The summed E-state index contributed by atoms with van der Waals surface area (Å²) in [5, 5.41) is 1.31. The Hall–Kier alpha value is -2.15. The van der Waals surface area contributed by atoms with Gasteiger partial charge in [-0.05, 0) is 34.1 Å². The SMILES string of the molecule is Brc1c(CN2CCc3nc(-c4ccncc4)ncc3C2)sc2ccccc12. The van der Waals surface area contributed by atoms with Crippen molar-refractivity contribution in [3.05, 3.63) is 75.6 Å². The quantitative estimate of drug-likeness (QED) is 0.449. The minimum Gasteiger partial charge on any atom is -0.293 e. The van der Waals surface area contributed by atoms with Gasteiger partial charge in [-0.1, -0.05) is 18.2 Å². The monoisotopic (exact) mass is 436 g/mol. The number of thiophene rings is 1. The standard InChI is InChI=1S/C21H17BrN4S/c22-20-16-3-1-2-4-18(16)27-19(20)13-26-10-7-17-15(12-26)11-24-21(25-17)14-5-8-23-9-6-14/h1-6,8-9,11H,7,10,12-13H2. The summed E-state index contributed by atoms with van der Waals surface area (Å²) in [5.41, 5.74) is 3.42. The van der Waals surface area contributed by atoms with Gasteiger partial charge < -0.3 is 0 Å². The van der Waals surface area contributed by atoms with Crippen LogP contribution in [0.2, 0.25) is 0 Å². The van der Waals surface area contributed by atoms with Crippen LogP contribution in [0.15, 0.2) is 59.5 Å². The topological polar surface area (TPSA) is 41.9 Å². The molecule has 1 aromatic carbocycles. The first-order chi connectivity index (χ1) is 13.3. The van der Waals surface area contributed by atoms with Crippen molar-refractivity contribution in [3.63, 3.8) is 0 Å². The smallest absolute Gasteiger partial charge is 0.159 e. The Labute approximate surface area is 170 Å². The van der Waals surface area contributed by atoms with Gasteiger partial charge in [0.25, 0.3) is 0 Å². The van der Waals surface area contributed by atoms with E-state index in [4.69, 9.17) is 4.98 Å². The maximum absolute atomic E-state index is 4.81. The van der Waals surface area contributed by atoms with E-state index >= 15 is 0 Å². The summed E-state index contributed by atoms with van der Waals surface area (Å²) in [6, 6.07) is 12.5. The van der Waals surface area contributed by atoms with Crippen molar-refractivity contribution in [1.82, 2.24) is 19.9 Å². The normalized spacial score (nSPS) is 14.4. The van der Waals surface area contributed by atoms with Crippen LogP contribution >= 0.6 is 27.3 Å². The fourth-order valence-corrected chi connectivity index (χ4v) is 5.50. The van der Waals surface area contributed by atoms with Crippen LogP contribution < -0.4 is 0 Å². The van der Waals surface area contributed by atoms with Gasteiger partial charge in [0.15, 0.2) is 5.82 Å². The maximum Gasteiger partial charge on any atom is 0.159 e. The summed E-state index contributed by atoms with van der Waals surface area (Å²) >= 11 is 5.67. The van der Waals surface area contributed by atoms with Crippen LogP contribution in [-0.4, -0.2) is 26.4 Å². The van der Waals surface area contributed by atoms with E-state index in [9.17, 15) is 0 Å². The zero-order chi connectivity index (χ0) is 18.2. The van der Waals surface area contributed by atoms with E-state index in [1.165, 1.54) is 30.7 Å². The van der Waals surface area contributed by atoms with Crippen LogP contribution in [0.25, 0.3) is 21.5 Å². The molecule has 27 heavy (non-hydrogen) atoms. The molecule has 1 aliphatic rings. The van der Waals surface area contributed by atoms with Gasteiger partial charge in [-0.25, -0.2) is 9.97 Å². The number of hydrogen-bond donors (Lipinski definition) is 0. The predicted octanol–water partition coefficient (Wildman–Crippen LogP) is 5.07. The zero-order valence-electron chi connectivity index (χ0n) is 14.6. The van der Waals surface area contributed by atoms with Gasteiger partial charge in [0.2, 0.25) is 0 Å². The lowest BCUT2D eigenvalue weighted by atomic mass is 10.1. The minimum atomic E-state index is 0.789. The Morgan fingerprint density at radius 1 is 1.11 bits per heavy atom. The first-order valence-corrected chi connectivity index (χ1v) is 10.5. The molecular weight excluding hydrogens is 420 g/mol. The molecule has 0 atom stereocenters. The van der Waals surface area contributed by atoms with Crippen molar-refractivity contribution >= 4 is 37.4 Å². The van der Waals surface area contributed by atoms with Gasteiger partial charge in [0.1, 0.15) is 0 Å². The van der Waals surface area contributed by atoms with Crippen molar-refractivity contribution < 1.29 is 0 Å². The Balaban J connectivity index is 1.37. The summed E-state index contributed by atoms with van der Waals surface area (Å²) in [4.78, 5) is 17.3. The van der Waals surface area contributed by atoms with Crippen LogP contribution in [0.4, 0.5) is 0 Å². The number of nitrogens with zero attached hydrogens (tertiary/aromatic N) is 4. The first-order valence-electron chi connectivity index (χ1n) is 8.91. The number of halogens is 1. The Kier molecular flexibility index (Phi) is 4.47. The summed E-state index contributed by atoms with van der Waals surface area (Å²) < 4.78 is 2.57. The molecule has 6 heteroatoms. The molecule has 0 unspecified atom stereocenters. The lowest BCUT2D eigenvalue weighted by Gasteiger charge is -2.27. The molecule has 0 spiro atoms. The molecular formula is C21H17BrN4S.